The Labute approximate surface area is 125 Å². The van der Waals surface area contributed by atoms with Crippen LogP contribution < -0.4 is 4.90 Å². The highest BCUT2D eigenvalue weighted by molar-refractivity contribution is 7.22. The third-order valence-corrected chi connectivity index (χ3v) is 4.80. The summed E-state index contributed by atoms with van der Waals surface area (Å²) in [5.74, 6) is -0.214. The smallest absolute Gasteiger partial charge is 0.407 e. The van der Waals surface area contributed by atoms with E-state index in [9.17, 15) is 9.59 Å². The quantitative estimate of drug-likeness (QED) is 0.924. The van der Waals surface area contributed by atoms with Gasteiger partial charge < -0.3 is 5.11 Å². The van der Waals surface area contributed by atoms with Crippen LogP contribution in [-0.4, -0.2) is 46.6 Å². The lowest BCUT2D eigenvalue weighted by Crippen LogP contribution is -2.46. The van der Waals surface area contributed by atoms with Crippen molar-refractivity contribution in [2.24, 2.45) is 0 Å². The molecule has 6 nitrogen and oxygen atoms in total. The van der Waals surface area contributed by atoms with Crippen molar-refractivity contribution in [2.45, 2.75) is 18.9 Å². The Morgan fingerprint density at radius 3 is 2.90 bits per heavy atom. The van der Waals surface area contributed by atoms with Gasteiger partial charge in [-0.2, -0.15) is 0 Å². The van der Waals surface area contributed by atoms with Gasteiger partial charge >= 0.3 is 6.09 Å². The van der Waals surface area contributed by atoms with Crippen molar-refractivity contribution in [1.29, 1.82) is 0 Å². The topological polar surface area (TPSA) is 73.7 Å². The average molecular weight is 305 g/mol. The minimum atomic E-state index is -1.04. The standard InChI is InChI=1S/C14H15N3O3S/c1-16(12(18)10-6-4-8-17(10)14(19)20)13-15-9-5-2-3-7-11(9)21-13/h2-3,5,7,10H,4,6,8H2,1H3,(H,19,20)/t10-/m0/s1. The van der Waals surface area contributed by atoms with Gasteiger partial charge in [-0.15, -0.1) is 0 Å². The maximum absolute atomic E-state index is 12.5. The number of carbonyl (C=O) groups is 2. The van der Waals surface area contributed by atoms with Crippen LogP contribution in [-0.2, 0) is 4.79 Å². The maximum atomic E-state index is 12.5. The summed E-state index contributed by atoms with van der Waals surface area (Å²) in [6.45, 7) is 0.416. The minimum absolute atomic E-state index is 0.214. The second-order valence-corrected chi connectivity index (χ2v) is 6.00. The molecule has 1 aromatic heterocycles. The first-order valence-electron chi connectivity index (χ1n) is 6.70. The highest BCUT2D eigenvalue weighted by Crippen LogP contribution is 2.29. The van der Waals surface area contributed by atoms with E-state index in [1.165, 1.54) is 21.1 Å². The number of carboxylic acid groups (broad SMARTS) is 1. The van der Waals surface area contributed by atoms with Crippen molar-refractivity contribution < 1.29 is 14.7 Å². The summed E-state index contributed by atoms with van der Waals surface area (Å²) in [5, 5.41) is 9.74. The lowest BCUT2D eigenvalue weighted by atomic mass is 10.2. The molecule has 2 aromatic rings. The number of anilines is 1. The Hall–Kier alpha value is -2.15. The Morgan fingerprint density at radius 1 is 1.43 bits per heavy atom. The zero-order valence-electron chi connectivity index (χ0n) is 11.5. The molecule has 1 N–H and O–H groups in total. The lowest BCUT2D eigenvalue weighted by molar-refractivity contribution is -0.122. The van der Waals surface area contributed by atoms with Crippen LogP contribution in [0.5, 0.6) is 0 Å². The van der Waals surface area contributed by atoms with E-state index in [-0.39, 0.29) is 5.91 Å². The number of aromatic nitrogens is 1. The molecule has 1 aliphatic rings. The molecule has 0 unspecified atom stereocenters. The highest BCUT2D eigenvalue weighted by atomic mass is 32.1. The number of carbonyl (C=O) groups excluding carboxylic acids is 1. The van der Waals surface area contributed by atoms with Crippen LogP contribution in [0.3, 0.4) is 0 Å². The first-order chi connectivity index (χ1) is 10.1. The number of nitrogens with zero attached hydrogens (tertiary/aromatic N) is 3. The van der Waals surface area contributed by atoms with Gasteiger partial charge in [0.05, 0.1) is 10.2 Å². The average Bonchev–Trinajstić information content (AvgIpc) is 3.11. The van der Waals surface area contributed by atoms with Gasteiger partial charge in [-0.1, -0.05) is 23.5 Å². The molecule has 7 heteroatoms. The van der Waals surface area contributed by atoms with E-state index >= 15 is 0 Å². The van der Waals surface area contributed by atoms with Crippen molar-refractivity contribution in [3.63, 3.8) is 0 Å². The molecule has 1 saturated heterocycles. The van der Waals surface area contributed by atoms with Gasteiger partial charge in [0.15, 0.2) is 5.13 Å². The molecule has 0 bridgehead atoms. The van der Waals surface area contributed by atoms with E-state index < -0.39 is 12.1 Å². The van der Waals surface area contributed by atoms with Gasteiger partial charge in [0.1, 0.15) is 6.04 Å². The molecule has 2 amide bonds. The summed E-state index contributed by atoms with van der Waals surface area (Å²) in [4.78, 5) is 30.8. The molecule has 0 saturated carbocycles. The largest absolute Gasteiger partial charge is 0.465 e. The van der Waals surface area contributed by atoms with Crippen molar-refractivity contribution in [3.05, 3.63) is 24.3 Å². The number of fused-ring (bicyclic) bond motifs is 1. The van der Waals surface area contributed by atoms with Gasteiger partial charge in [0.25, 0.3) is 5.91 Å². The predicted molar refractivity (Wildman–Crippen MR) is 80.8 cm³/mol. The molecule has 1 fully saturated rings. The van der Waals surface area contributed by atoms with Crippen molar-refractivity contribution in [1.82, 2.24) is 9.88 Å². The number of benzene rings is 1. The Kier molecular flexibility index (Phi) is 3.50. The molecule has 110 valence electrons. The highest BCUT2D eigenvalue weighted by Gasteiger charge is 2.36. The molecule has 1 atom stereocenters. The van der Waals surface area contributed by atoms with Gasteiger partial charge in [0.2, 0.25) is 0 Å². The zero-order chi connectivity index (χ0) is 15.0. The van der Waals surface area contributed by atoms with E-state index in [0.29, 0.717) is 18.1 Å². The molecule has 0 spiro atoms. The Bertz CT molecular complexity index is 667. The van der Waals surface area contributed by atoms with Crippen LogP contribution in [0.1, 0.15) is 12.8 Å². The molecular weight excluding hydrogens is 290 g/mol. The van der Waals surface area contributed by atoms with E-state index in [0.717, 1.165) is 16.6 Å². The molecule has 0 aliphatic carbocycles. The number of para-hydroxylation sites is 1. The van der Waals surface area contributed by atoms with Gasteiger partial charge in [-0.3, -0.25) is 14.6 Å². The fraction of sp³-hybridized carbons (Fsp3) is 0.357. The van der Waals surface area contributed by atoms with E-state index in [2.05, 4.69) is 4.98 Å². The second kappa shape index (κ2) is 5.33. The maximum Gasteiger partial charge on any atom is 0.407 e. The molecule has 1 aliphatic heterocycles. The third-order valence-electron chi connectivity index (χ3n) is 3.68. The number of likely N-dealkylation sites (N-methyl/N-ethyl adjacent to an activating group) is 1. The van der Waals surface area contributed by atoms with Crippen molar-refractivity contribution >= 4 is 38.7 Å². The van der Waals surface area contributed by atoms with Crippen LogP contribution in [0.25, 0.3) is 10.2 Å². The molecular formula is C14H15N3O3S. The number of hydrogen-bond acceptors (Lipinski definition) is 4. The number of hydrogen-bond donors (Lipinski definition) is 1. The van der Waals surface area contributed by atoms with Gasteiger partial charge in [-0.05, 0) is 25.0 Å². The van der Waals surface area contributed by atoms with Crippen LogP contribution >= 0.6 is 11.3 Å². The predicted octanol–water partition coefficient (Wildman–Crippen LogP) is 2.40. The Morgan fingerprint density at radius 2 is 2.19 bits per heavy atom. The molecule has 21 heavy (non-hydrogen) atoms. The molecule has 2 heterocycles. The zero-order valence-corrected chi connectivity index (χ0v) is 12.3. The number of thiazole rings is 1. The van der Waals surface area contributed by atoms with E-state index in [4.69, 9.17) is 5.11 Å². The number of amides is 2. The van der Waals surface area contributed by atoms with E-state index in [1.54, 1.807) is 7.05 Å². The first-order valence-corrected chi connectivity index (χ1v) is 7.52. The number of likely N-dealkylation sites (tertiary alicyclic amines) is 1. The van der Waals surface area contributed by atoms with Crippen LogP contribution in [0.2, 0.25) is 0 Å². The fourth-order valence-electron chi connectivity index (χ4n) is 2.57. The molecule has 1 aromatic carbocycles. The van der Waals surface area contributed by atoms with Crippen molar-refractivity contribution in [3.8, 4) is 0 Å². The third kappa shape index (κ3) is 2.44. The summed E-state index contributed by atoms with van der Waals surface area (Å²) in [7, 11) is 1.65. The molecule has 3 rings (SSSR count). The summed E-state index contributed by atoms with van der Waals surface area (Å²) in [6, 6.07) is 7.08. The number of rotatable bonds is 2. The summed E-state index contributed by atoms with van der Waals surface area (Å²) in [6.07, 6.45) is 0.250. The Balaban J connectivity index is 1.85. The lowest BCUT2D eigenvalue weighted by Gasteiger charge is -2.24. The minimum Gasteiger partial charge on any atom is -0.465 e. The summed E-state index contributed by atoms with van der Waals surface area (Å²) < 4.78 is 1.01. The van der Waals surface area contributed by atoms with Crippen LogP contribution in [0.4, 0.5) is 9.93 Å². The van der Waals surface area contributed by atoms with Gasteiger partial charge in [0, 0.05) is 13.6 Å². The van der Waals surface area contributed by atoms with Crippen LogP contribution in [0, 0.1) is 0 Å². The summed E-state index contributed by atoms with van der Waals surface area (Å²) in [5.41, 5.74) is 0.846. The van der Waals surface area contributed by atoms with Crippen molar-refractivity contribution in [2.75, 3.05) is 18.5 Å². The summed E-state index contributed by atoms with van der Waals surface area (Å²) >= 11 is 1.43. The first kappa shape index (κ1) is 13.8. The SMILES string of the molecule is CN(C(=O)[C@@H]1CCCN1C(=O)O)c1nc2ccccc2s1. The second-order valence-electron chi connectivity index (χ2n) is 5.00. The van der Waals surface area contributed by atoms with E-state index in [1.807, 2.05) is 24.3 Å². The monoisotopic (exact) mass is 305 g/mol. The molecule has 0 radical (unpaired) electrons. The fourth-order valence-corrected chi connectivity index (χ4v) is 3.51. The normalized spacial score (nSPS) is 18.1. The van der Waals surface area contributed by atoms with Crippen LogP contribution in [0.15, 0.2) is 24.3 Å². The van der Waals surface area contributed by atoms with Gasteiger partial charge in [-0.25, -0.2) is 9.78 Å².